The third-order valence-electron chi connectivity index (χ3n) is 11.1. The van der Waals surface area contributed by atoms with E-state index in [4.69, 9.17) is 23.7 Å². The Morgan fingerprint density at radius 1 is 1.06 bits per heavy atom. The first-order valence-corrected chi connectivity index (χ1v) is 18.2. The predicted molar refractivity (Wildman–Crippen MR) is 190 cm³/mol. The van der Waals surface area contributed by atoms with E-state index in [1.165, 1.54) is 6.92 Å². The molecule has 3 fully saturated rings. The third kappa shape index (κ3) is 9.98. The van der Waals surface area contributed by atoms with Crippen LogP contribution in [0.3, 0.4) is 0 Å². The van der Waals surface area contributed by atoms with Crippen LogP contribution in [0.2, 0.25) is 0 Å². The molecule has 2 amide bonds. The minimum absolute atomic E-state index is 0.0201. The number of ether oxygens (including phenoxy) is 5. The molecule has 0 saturated carbocycles. The largest absolute Gasteiger partial charge is 0.458 e. The second kappa shape index (κ2) is 17.6. The molecule has 3 heterocycles. The Kier molecular flexibility index (Phi) is 14.9. The standard InChI is InChI=1S/C36H65N5O10/c1-14-26-36(7)30(38-34(46)51-36)23(5)37-17-20(2)16-35(6,47-13)31(21(3)28(43)22(4)32(45)49-26)50-33-29(44)25(40(10)11)15-24(48-33)18-41(12)27(42)19-39(8)9/h20-26,29-31,33,37,44H,14-19H2,1-13H3,(H,38,46)/t20-,21+,22?,23-,24+,25+,26-,29-,30-,31-,33+,35-,36-/m1/s1. The lowest BCUT2D eigenvalue weighted by Crippen LogP contribution is -2.60. The van der Waals surface area contributed by atoms with Gasteiger partial charge in [-0.15, -0.1) is 0 Å². The van der Waals surface area contributed by atoms with Crippen LogP contribution in [0.1, 0.15) is 67.7 Å². The topological polar surface area (TPSA) is 168 Å². The monoisotopic (exact) mass is 727 g/mol. The quantitative estimate of drug-likeness (QED) is 0.230. The van der Waals surface area contributed by atoms with E-state index in [0.717, 1.165) is 0 Å². The Labute approximate surface area is 304 Å². The number of likely N-dealkylation sites (N-methyl/N-ethyl adjacent to an activating group) is 3. The molecule has 13 atom stereocenters. The molecule has 3 aliphatic rings. The molecule has 0 aliphatic carbocycles. The van der Waals surface area contributed by atoms with Crippen molar-refractivity contribution in [3.05, 3.63) is 0 Å². The number of carbonyl (C=O) groups is 4. The van der Waals surface area contributed by atoms with Crippen molar-refractivity contribution in [1.82, 2.24) is 25.3 Å². The molecule has 0 radical (unpaired) electrons. The number of alkyl carbamates (subject to hydrolysis) is 1. The maximum absolute atomic E-state index is 14.3. The first-order valence-electron chi connectivity index (χ1n) is 18.2. The number of methoxy groups -OCH3 is 1. The summed E-state index contributed by atoms with van der Waals surface area (Å²) < 4.78 is 31.1. The van der Waals surface area contributed by atoms with Crippen LogP contribution in [0.5, 0.6) is 0 Å². The molecule has 3 aliphatic heterocycles. The number of amides is 2. The van der Waals surface area contributed by atoms with Crippen LogP contribution in [-0.4, -0.2) is 166 Å². The number of ketones is 1. The SMILES string of the molecule is CC[C@H]1OC(=O)C(C)C(=O)[C@H](C)[C@@H](O[C@@H]2O[C@H](CN(C)C(=O)CN(C)C)C[C@H](N(C)C)[C@H]2O)[C@](C)(OC)C[C@@H](C)CN[C@H](C)[C@H]2NC(=O)O[C@@]21C. The van der Waals surface area contributed by atoms with Gasteiger partial charge in [-0.2, -0.15) is 0 Å². The molecule has 0 aromatic carbocycles. The fraction of sp³-hybridized carbons (Fsp3) is 0.889. The van der Waals surface area contributed by atoms with Gasteiger partial charge in [0.25, 0.3) is 0 Å². The Morgan fingerprint density at radius 2 is 1.71 bits per heavy atom. The number of carbonyl (C=O) groups excluding carboxylic acids is 4. The number of fused-ring (bicyclic) bond motifs is 1. The van der Waals surface area contributed by atoms with Gasteiger partial charge in [-0.3, -0.25) is 14.4 Å². The van der Waals surface area contributed by atoms with Crippen LogP contribution in [0, 0.1) is 17.8 Å². The molecule has 0 aromatic rings. The number of Topliss-reactive ketones (excluding diaryl/α,β-unsaturated/α-hetero) is 1. The van der Waals surface area contributed by atoms with Gasteiger partial charge in [-0.1, -0.05) is 20.8 Å². The molecule has 15 heteroatoms. The minimum Gasteiger partial charge on any atom is -0.458 e. The summed E-state index contributed by atoms with van der Waals surface area (Å²) in [6.45, 7) is 13.7. The molecule has 3 N–H and O–H groups in total. The van der Waals surface area contributed by atoms with E-state index in [9.17, 15) is 24.3 Å². The summed E-state index contributed by atoms with van der Waals surface area (Å²) in [6.07, 6.45) is -3.91. The van der Waals surface area contributed by atoms with Crippen molar-refractivity contribution in [3.8, 4) is 0 Å². The smallest absolute Gasteiger partial charge is 0.408 e. The van der Waals surface area contributed by atoms with E-state index in [1.54, 1.807) is 37.8 Å². The zero-order valence-electron chi connectivity index (χ0n) is 33.1. The third-order valence-corrected chi connectivity index (χ3v) is 11.1. The number of aliphatic hydroxyl groups excluding tert-OH is 1. The summed E-state index contributed by atoms with van der Waals surface area (Å²) >= 11 is 0. The Bertz CT molecular complexity index is 1220. The predicted octanol–water partition coefficient (Wildman–Crippen LogP) is 1.25. The van der Waals surface area contributed by atoms with Crippen LogP contribution in [-0.2, 0) is 38.1 Å². The van der Waals surface area contributed by atoms with Crippen molar-refractivity contribution < 1.29 is 48.0 Å². The van der Waals surface area contributed by atoms with E-state index in [-0.39, 0.29) is 37.0 Å². The van der Waals surface area contributed by atoms with Gasteiger partial charge in [0.15, 0.2) is 17.7 Å². The number of aliphatic hydroxyl groups is 1. The van der Waals surface area contributed by atoms with E-state index in [1.807, 2.05) is 53.9 Å². The maximum atomic E-state index is 14.3. The number of rotatable bonds is 9. The number of esters is 1. The van der Waals surface area contributed by atoms with Crippen LogP contribution in [0.25, 0.3) is 0 Å². The summed E-state index contributed by atoms with van der Waals surface area (Å²) in [4.78, 5) is 58.6. The van der Waals surface area contributed by atoms with Crippen LogP contribution < -0.4 is 10.6 Å². The van der Waals surface area contributed by atoms with Gasteiger partial charge in [0.1, 0.15) is 18.1 Å². The second-order valence-corrected chi connectivity index (χ2v) is 15.9. The van der Waals surface area contributed by atoms with Crippen LogP contribution in [0.15, 0.2) is 0 Å². The van der Waals surface area contributed by atoms with Gasteiger partial charge in [0, 0.05) is 38.7 Å². The molecule has 294 valence electrons. The molecule has 3 rings (SSSR count). The highest BCUT2D eigenvalue weighted by Crippen LogP contribution is 2.37. The first kappa shape index (κ1) is 43.0. The summed E-state index contributed by atoms with van der Waals surface area (Å²) in [7, 11) is 10.7. The fourth-order valence-corrected chi connectivity index (χ4v) is 7.94. The number of cyclic esters (lactones) is 1. The van der Waals surface area contributed by atoms with E-state index in [2.05, 4.69) is 17.6 Å². The van der Waals surface area contributed by atoms with Gasteiger partial charge >= 0.3 is 12.1 Å². The molecular formula is C36H65N5O10. The van der Waals surface area contributed by atoms with Gasteiger partial charge < -0.3 is 54.1 Å². The molecule has 0 bridgehead atoms. The molecule has 51 heavy (non-hydrogen) atoms. The highest BCUT2D eigenvalue weighted by molar-refractivity contribution is 6.00. The zero-order valence-corrected chi connectivity index (χ0v) is 33.1. The lowest BCUT2D eigenvalue weighted by Gasteiger charge is -2.47. The molecule has 15 nitrogen and oxygen atoms in total. The second-order valence-electron chi connectivity index (χ2n) is 15.9. The Balaban J connectivity index is 2.01. The van der Waals surface area contributed by atoms with Gasteiger partial charge in [0.05, 0.1) is 30.4 Å². The van der Waals surface area contributed by atoms with Gasteiger partial charge in [-0.25, -0.2) is 4.79 Å². The van der Waals surface area contributed by atoms with E-state index in [0.29, 0.717) is 25.8 Å². The van der Waals surface area contributed by atoms with Crippen LogP contribution in [0.4, 0.5) is 4.79 Å². The van der Waals surface area contributed by atoms with Crippen molar-refractivity contribution >= 4 is 23.8 Å². The first-order chi connectivity index (χ1) is 23.7. The van der Waals surface area contributed by atoms with Crippen molar-refractivity contribution in [2.24, 2.45) is 17.8 Å². The number of hydrogen-bond acceptors (Lipinski definition) is 13. The van der Waals surface area contributed by atoms with Crippen molar-refractivity contribution in [1.29, 1.82) is 0 Å². The number of nitrogens with zero attached hydrogens (tertiary/aromatic N) is 3. The van der Waals surface area contributed by atoms with Gasteiger partial charge in [0.2, 0.25) is 5.91 Å². The highest BCUT2D eigenvalue weighted by atomic mass is 16.7. The summed E-state index contributed by atoms with van der Waals surface area (Å²) in [6, 6.07) is -1.16. The Hall–Kier alpha value is -2.40. The lowest BCUT2D eigenvalue weighted by atomic mass is 9.78. The summed E-state index contributed by atoms with van der Waals surface area (Å²) in [5.41, 5.74) is -2.27. The highest BCUT2D eigenvalue weighted by Gasteiger charge is 2.55. The number of nitrogens with one attached hydrogen (secondary N) is 2. The average molecular weight is 728 g/mol. The molecule has 3 saturated heterocycles. The number of hydrogen-bond donors (Lipinski definition) is 3. The maximum Gasteiger partial charge on any atom is 0.408 e. The minimum atomic E-state index is -1.19. The molecule has 0 aromatic heterocycles. The van der Waals surface area contributed by atoms with Crippen molar-refractivity contribution in [2.75, 3.05) is 62.0 Å². The normalized spacial score (nSPS) is 40.2. The van der Waals surface area contributed by atoms with Gasteiger partial charge in [-0.05, 0) is 87.6 Å². The summed E-state index contributed by atoms with van der Waals surface area (Å²) in [5.74, 6) is -3.36. The van der Waals surface area contributed by atoms with Crippen LogP contribution >= 0.6 is 0 Å². The Morgan fingerprint density at radius 3 is 2.27 bits per heavy atom. The van der Waals surface area contributed by atoms with E-state index < -0.39 is 77.6 Å². The van der Waals surface area contributed by atoms with Crippen molar-refractivity contribution in [3.63, 3.8) is 0 Å². The van der Waals surface area contributed by atoms with Crippen molar-refractivity contribution in [2.45, 2.75) is 128 Å². The molecule has 1 unspecified atom stereocenters. The lowest BCUT2D eigenvalue weighted by molar-refractivity contribution is -0.298. The summed E-state index contributed by atoms with van der Waals surface area (Å²) in [5, 5.41) is 18.1. The molecular weight excluding hydrogens is 662 g/mol. The fourth-order valence-electron chi connectivity index (χ4n) is 7.94. The van der Waals surface area contributed by atoms with E-state index >= 15 is 0 Å². The molecule has 0 spiro atoms. The zero-order chi connectivity index (χ0) is 38.6. The average Bonchev–Trinajstić information content (AvgIpc) is 3.38.